The zero-order chi connectivity index (χ0) is 73.7. The maximum atomic E-state index is 14.8. The number of aliphatic carboxylic acids is 1. The van der Waals surface area contributed by atoms with E-state index in [0.29, 0.717) is 36.5 Å². The Morgan fingerprint density at radius 2 is 1.07 bits per heavy atom. The molecule has 6 aromatic carbocycles. The lowest BCUT2D eigenvalue weighted by molar-refractivity contribution is -0.894. The predicted molar refractivity (Wildman–Crippen MR) is 373 cm³/mol. The Morgan fingerprint density at radius 3 is 1.54 bits per heavy atom. The summed E-state index contributed by atoms with van der Waals surface area (Å²) in [5.74, 6) is -4.44. The molecule has 6 aromatic rings. The van der Waals surface area contributed by atoms with Crippen molar-refractivity contribution in [3.8, 4) is 17.2 Å². The van der Waals surface area contributed by atoms with E-state index in [-0.39, 0.29) is 88.2 Å². The maximum absolute atomic E-state index is 14.8. The Kier molecular flexibility index (Phi) is 30.5. The number of likely N-dealkylation sites (tertiary alicyclic amines) is 1. The third-order valence-corrected chi connectivity index (χ3v) is 18.0. The van der Waals surface area contributed by atoms with Crippen molar-refractivity contribution in [2.24, 2.45) is 5.41 Å². The number of methoxy groups -OCH3 is 3. The molecule has 6 N–H and O–H groups in total. The number of nitrogens with one attached hydrogen (secondary N) is 4. The number of nitrogens with zero attached hydrogens (tertiary/aromatic N) is 1. The number of benzene rings is 6. The second kappa shape index (κ2) is 39.0. The summed E-state index contributed by atoms with van der Waals surface area (Å²) < 4.78 is 52.9. The first-order valence-corrected chi connectivity index (χ1v) is 34.2. The highest BCUT2D eigenvalue weighted by molar-refractivity contribution is 6.13. The van der Waals surface area contributed by atoms with Crippen LogP contribution in [0.1, 0.15) is 114 Å². The van der Waals surface area contributed by atoms with E-state index in [4.69, 9.17) is 42.6 Å². The van der Waals surface area contributed by atoms with Crippen LogP contribution in [0.25, 0.3) is 0 Å². The molecule has 2 aliphatic heterocycles. The molecule has 548 valence electrons. The molecule has 0 radical (unpaired) electrons. The van der Waals surface area contributed by atoms with Crippen molar-refractivity contribution in [2.45, 2.75) is 101 Å². The Morgan fingerprint density at radius 1 is 0.578 bits per heavy atom. The highest BCUT2D eigenvalue weighted by Crippen LogP contribution is 2.46. The molecule has 5 atom stereocenters. The SMILES string of the molecule is CC[NH+](CC)CC.COc1ccc(C(OCC2(COC(=O)CCC(=O)[O-])CN(C(=O)CCCCCNC(=O)NCCOCCO[C@@H]3O[C@H](COC(=O)c4ccccc4)[C@@](O)(C(=O)c4ccccc4)[C@@](O)(C(=O)c4ccccc4)[C@H]3NC(C)=O)C2)(c2ccc(OC)cc2)c2ccc(OC)cc2)cc1. The van der Waals surface area contributed by atoms with Gasteiger partial charge in [-0.25, -0.2) is 9.59 Å². The second-order valence-electron chi connectivity index (χ2n) is 24.8. The smallest absolute Gasteiger partial charge is 0.338 e. The van der Waals surface area contributed by atoms with Gasteiger partial charge in [0.05, 0.1) is 84.8 Å². The van der Waals surface area contributed by atoms with Crippen molar-refractivity contribution >= 4 is 47.3 Å². The van der Waals surface area contributed by atoms with Crippen LogP contribution in [-0.4, -0.2) is 199 Å². The number of rotatable bonds is 38. The second-order valence-corrected chi connectivity index (χ2v) is 24.8. The van der Waals surface area contributed by atoms with E-state index in [0.717, 1.165) is 23.6 Å². The monoisotopic (exact) mass is 1410 g/mol. The number of carboxylic acids is 1. The van der Waals surface area contributed by atoms with Gasteiger partial charge in [0.2, 0.25) is 17.6 Å². The first-order chi connectivity index (χ1) is 49.1. The fourth-order valence-electron chi connectivity index (χ4n) is 12.2. The summed E-state index contributed by atoms with van der Waals surface area (Å²) in [6.45, 7) is 10.7. The normalized spacial score (nSPS) is 18.2. The summed E-state index contributed by atoms with van der Waals surface area (Å²) in [6, 6.07) is 42.4. The maximum Gasteiger partial charge on any atom is 0.338 e. The molecule has 25 heteroatoms. The minimum absolute atomic E-state index is 0.0109. The van der Waals surface area contributed by atoms with Crippen molar-refractivity contribution in [3.63, 3.8) is 0 Å². The van der Waals surface area contributed by atoms with Gasteiger partial charge in [0.25, 0.3) is 0 Å². The largest absolute Gasteiger partial charge is 0.550 e. The van der Waals surface area contributed by atoms with E-state index in [2.05, 4.69) is 36.7 Å². The molecule has 0 bridgehead atoms. The molecule has 2 fully saturated rings. The summed E-state index contributed by atoms with van der Waals surface area (Å²) in [5, 5.41) is 45.0. The predicted octanol–water partition coefficient (Wildman–Crippen LogP) is 5.06. The van der Waals surface area contributed by atoms with Gasteiger partial charge in [-0.15, -0.1) is 0 Å². The fraction of sp³-hybridized carbons (Fsp3) is 0.429. The average molecular weight is 1410 g/mol. The third kappa shape index (κ3) is 20.6. The van der Waals surface area contributed by atoms with Crippen LogP contribution >= 0.6 is 0 Å². The number of esters is 2. The van der Waals surface area contributed by atoms with Crippen LogP contribution < -0.4 is 40.2 Å². The van der Waals surface area contributed by atoms with Gasteiger partial charge in [-0.05, 0) is 105 Å². The van der Waals surface area contributed by atoms with Gasteiger partial charge in [0, 0.05) is 56.6 Å². The zero-order valence-corrected chi connectivity index (χ0v) is 58.9. The molecule has 2 aliphatic rings. The lowest BCUT2D eigenvalue weighted by Gasteiger charge is -2.54. The first kappa shape index (κ1) is 79.7. The van der Waals surface area contributed by atoms with Crippen LogP contribution in [0.4, 0.5) is 4.79 Å². The van der Waals surface area contributed by atoms with Gasteiger partial charge in [-0.2, -0.15) is 0 Å². The number of hydrogen-bond acceptors (Lipinski definition) is 20. The number of unbranched alkanes of at least 4 members (excludes halogenated alkanes) is 2. The Balaban J connectivity index is 0.00000198. The van der Waals surface area contributed by atoms with Crippen molar-refractivity contribution < 1.29 is 101 Å². The molecule has 2 heterocycles. The van der Waals surface area contributed by atoms with Gasteiger partial charge in [-0.1, -0.05) is 122 Å². The van der Waals surface area contributed by atoms with Gasteiger partial charge >= 0.3 is 18.0 Å². The number of ketones is 2. The van der Waals surface area contributed by atoms with Crippen molar-refractivity contribution in [1.82, 2.24) is 20.9 Å². The van der Waals surface area contributed by atoms with E-state index in [1.165, 1.54) is 80.3 Å². The Labute approximate surface area is 595 Å². The van der Waals surface area contributed by atoms with Gasteiger partial charge < -0.3 is 88.5 Å². The minimum atomic E-state index is -3.24. The summed E-state index contributed by atoms with van der Waals surface area (Å²) >= 11 is 0. The molecule has 0 aromatic heterocycles. The van der Waals surface area contributed by atoms with E-state index in [1.54, 1.807) is 61.5 Å². The number of urea groups is 1. The molecule has 0 unspecified atom stereocenters. The summed E-state index contributed by atoms with van der Waals surface area (Å²) in [7, 11) is 4.71. The van der Waals surface area contributed by atoms with Crippen LogP contribution in [0.15, 0.2) is 164 Å². The number of hydrogen-bond donors (Lipinski definition) is 6. The summed E-state index contributed by atoms with van der Waals surface area (Å²) in [5.41, 5.74) is -6.62. The topological polar surface area (TPSA) is 327 Å². The number of quaternary nitrogens is 1. The van der Waals surface area contributed by atoms with Crippen molar-refractivity contribution in [3.05, 3.63) is 197 Å². The number of ether oxygens (including phenoxy) is 9. The minimum Gasteiger partial charge on any atom is -0.550 e. The third-order valence-electron chi connectivity index (χ3n) is 18.0. The lowest BCUT2D eigenvalue weighted by Crippen LogP contribution is -3.11. The van der Waals surface area contributed by atoms with Gasteiger partial charge in [0.15, 0.2) is 23.3 Å². The number of Topliss-reactive ketones (excluding diaryl/α,β-unsaturated/α-hetero) is 2. The van der Waals surface area contributed by atoms with E-state index < -0.39 is 102 Å². The molecule has 25 nitrogen and oxygen atoms in total. The zero-order valence-electron chi connectivity index (χ0n) is 58.9. The molecule has 0 saturated carbocycles. The van der Waals surface area contributed by atoms with Gasteiger partial charge in [0.1, 0.15) is 48.2 Å². The van der Waals surface area contributed by atoms with Crippen LogP contribution in [0.2, 0.25) is 0 Å². The Hall–Kier alpha value is -9.60. The lowest BCUT2D eigenvalue weighted by atomic mass is 9.64. The summed E-state index contributed by atoms with van der Waals surface area (Å²) in [6.07, 6.45) is -2.84. The van der Waals surface area contributed by atoms with Crippen molar-refractivity contribution in [1.29, 1.82) is 0 Å². The molecule has 8 rings (SSSR count). The van der Waals surface area contributed by atoms with Crippen LogP contribution in [0, 0.1) is 5.41 Å². The summed E-state index contributed by atoms with van der Waals surface area (Å²) in [4.78, 5) is 110. The van der Waals surface area contributed by atoms with E-state index in [1.807, 2.05) is 72.8 Å². The number of aliphatic hydroxyl groups is 2. The number of carbonyl (C=O) groups excluding carboxylic acids is 8. The number of amides is 4. The molecule has 0 aliphatic carbocycles. The van der Waals surface area contributed by atoms with Crippen molar-refractivity contribution in [2.75, 3.05) is 107 Å². The number of carbonyl (C=O) groups is 8. The molecule has 102 heavy (non-hydrogen) atoms. The fourth-order valence-corrected chi connectivity index (χ4v) is 12.2. The van der Waals surface area contributed by atoms with Crippen LogP contribution in [-0.2, 0) is 53.2 Å². The number of carboxylic acid groups (broad SMARTS) is 1. The molecule has 4 amide bonds. The van der Waals surface area contributed by atoms with Crippen LogP contribution in [0.5, 0.6) is 17.2 Å². The van der Waals surface area contributed by atoms with E-state index >= 15 is 0 Å². The Bertz CT molecular complexity index is 3530. The molecular formula is C77H95N5O20. The van der Waals surface area contributed by atoms with Gasteiger partial charge in [-0.3, -0.25) is 24.0 Å². The van der Waals surface area contributed by atoms with Crippen LogP contribution in [0.3, 0.4) is 0 Å². The average Bonchev–Trinajstić information content (AvgIpc) is 0.703. The molecule has 0 spiro atoms. The molecule has 2 saturated heterocycles. The van der Waals surface area contributed by atoms with E-state index in [9.17, 15) is 53.7 Å². The highest BCUT2D eigenvalue weighted by atomic mass is 16.7. The first-order valence-electron chi connectivity index (χ1n) is 34.2. The standard InChI is InChI=1S/C71H80N4O20.C6H15N/c1-48(76)74-62-66(95-58(43-92-65(83)51-21-13-7-14-22-51)70(85,63(81)49-17-9-5-10-18-49)71(62,86)64(82)50-19-11-6-12-20-50)91-42-41-90-40-39-73-67(84)72-38-16-8-15-23-59(77)75-44-68(45-75,46-93-61(80)37-36-60(78)79)47-94-69(52-24-30-55(87-2)31-25-52,53-26-32-56(88-3)33-27-53)54-28-34-57(89-4)35-29-54;1-4-7(5-2)6-3/h5-7,9-14,17-22,24-35,58,62,66,85-86H,8,15-16,23,36-47H2,1-4H3,(H,74,76)(H,78,79)(H2,72,73,84);4-6H2,1-3H3/t58-,62+,66-,70-,71+;/m1./s1. The highest BCUT2D eigenvalue weighted by Gasteiger charge is 2.73. The molecular weight excluding hydrogens is 1310 g/mol. The quantitative estimate of drug-likeness (QED) is 0.0128.